The molecule has 4 aromatic carbocycles. The molecule has 8 aromatic rings. The number of rotatable bonds is 0. The summed E-state index contributed by atoms with van der Waals surface area (Å²) in [6, 6.07) is 32.3. The van der Waals surface area contributed by atoms with Gasteiger partial charge in [-0.1, -0.05) is 48.5 Å². The first-order chi connectivity index (χ1) is 17.9. The molecular weight excluding hydrogens is 768 g/mol. The standard InChI is InChI=1S/4C7H6N2.4BrH/c4*1-2-4-7-6(3-1)8-5-9-7;;;;/h4*1-5H,(H,8,9);4*1H. The highest BCUT2D eigenvalue weighted by atomic mass is 79.9. The van der Waals surface area contributed by atoms with Gasteiger partial charge in [0, 0.05) is 0 Å². The van der Waals surface area contributed by atoms with Gasteiger partial charge >= 0.3 is 0 Å². The fraction of sp³-hybridized carbons (Fsp3) is 0. The van der Waals surface area contributed by atoms with Crippen molar-refractivity contribution in [2.75, 3.05) is 0 Å². The van der Waals surface area contributed by atoms with Crippen LogP contribution in [0.5, 0.6) is 0 Å². The van der Waals surface area contributed by atoms with Crippen LogP contribution in [0.3, 0.4) is 0 Å². The summed E-state index contributed by atoms with van der Waals surface area (Å²) in [7, 11) is 0. The number of fused-ring (bicyclic) bond motifs is 4. The van der Waals surface area contributed by atoms with Crippen LogP contribution in [0.2, 0.25) is 0 Å². The van der Waals surface area contributed by atoms with Crippen LogP contribution >= 0.6 is 0 Å². The van der Waals surface area contributed by atoms with Gasteiger partial charge in [0.1, 0.15) is 0 Å². The molecule has 0 atom stereocenters. The third-order valence-corrected chi connectivity index (χ3v) is 5.53. The van der Waals surface area contributed by atoms with Crippen LogP contribution in [-0.2, 0) is 0 Å². The van der Waals surface area contributed by atoms with Crippen molar-refractivity contribution in [1.29, 1.82) is 0 Å². The normalized spacial score (nSPS) is 9.20. The first kappa shape index (κ1) is 34.7. The Morgan fingerprint density at radius 1 is 0.300 bits per heavy atom. The second kappa shape index (κ2) is 18.1. The van der Waals surface area contributed by atoms with Crippen LogP contribution in [0.15, 0.2) is 122 Å². The first-order valence-corrected chi connectivity index (χ1v) is 11.6. The molecule has 0 amide bonds. The number of benzene rings is 4. The maximum absolute atomic E-state index is 3.06. The van der Waals surface area contributed by atoms with E-state index in [0.717, 1.165) is 44.1 Å². The Labute approximate surface area is 272 Å². The predicted molar refractivity (Wildman–Crippen MR) is 139 cm³/mol. The van der Waals surface area contributed by atoms with Crippen molar-refractivity contribution in [1.82, 2.24) is 19.9 Å². The summed E-state index contributed by atoms with van der Waals surface area (Å²) >= 11 is 0. The van der Waals surface area contributed by atoms with Gasteiger partial charge in [0.2, 0.25) is 25.3 Å². The van der Waals surface area contributed by atoms with Gasteiger partial charge in [-0.2, -0.15) is 0 Å². The lowest BCUT2D eigenvalue weighted by Gasteiger charge is -1.76. The average Bonchev–Trinajstić information content (AvgIpc) is 3.76. The molecule has 208 valence electrons. The molecule has 0 spiro atoms. The van der Waals surface area contributed by atoms with Crippen LogP contribution in [0.25, 0.3) is 44.1 Å². The second-order valence-electron chi connectivity index (χ2n) is 7.91. The van der Waals surface area contributed by atoms with Crippen LogP contribution in [-0.4, -0.2) is 19.9 Å². The largest absolute Gasteiger partial charge is 1.00 e. The van der Waals surface area contributed by atoms with Gasteiger partial charge in [0.25, 0.3) is 0 Å². The predicted octanol–water partition coefficient (Wildman–Crippen LogP) is -8.06. The van der Waals surface area contributed by atoms with Crippen molar-refractivity contribution in [3.8, 4) is 0 Å². The minimum absolute atomic E-state index is 0. The Morgan fingerprint density at radius 3 is 0.700 bits per heavy atom. The summed E-state index contributed by atoms with van der Waals surface area (Å²) in [6.45, 7) is 0. The Morgan fingerprint density at radius 2 is 0.500 bits per heavy atom. The summed E-state index contributed by atoms with van der Waals surface area (Å²) < 4.78 is 0. The fourth-order valence-electron chi connectivity index (χ4n) is 3.71. The Kier molecular flexibility index (Phi) is 15.7. The zero-order valence-corrected chi connectivity index (χ0v) is 27.4. The molecule has 8 nitrogen and oxygen atoms in total. The first-order valence-electron chi connectivity index (χ1n) is 11.6. The smallest absolute Gasteiger partial charge is 0.240 e. The number of hydrogen-bond acceptors (Lipinski definition) is 0. The highest BCUT2D eigenvalue weighted by Crippen LogP contribution is 2.04. The molecule has 4 heterocycles. The summed E-state index contributed by atoms with van der Waals surface area (Å²) in [5.74, 6) is 0. The fourth-order valence-corrected chi connectivity index (χ4v) is 3.71. The molecule has 0 radical (unpaired) electrons. The van der Waals surface area contributed by atoms with Crippen molar-refractivity contribution in [3.05, 3.63) is 122 Å². The van der Waals surface area contributed by atoms with Gasteiger partial charge in [-0.05, 0) is 48.5 Å². The molecule has 0 unspecified atom stereocenters. The molecule has 12 heteroatoms. The molecule has 0 saturated carbocycles. The average molecular weight is 796 g/mol. The minimum Gasteiger partial charge on any atom is -1.00 e. The molecular formula is C28H28Br4N8. The highest BCUT2D eigenvalue weighted by molar-refractivity contribution is 5.71. The van der Waals surface area contributed by atoms with E-state index >= 15 is 0 Å². The topological polar surface area (TPSA) is 120 Å². The van der Waals surface area contributed by atoms with Crippen molar-refractivity contribution in [2.45, 2.75) is 0 Å². The SMILES string of the molecule is [Br-].[Br-].[Br-].[Br-].c1ccc2[nH+]c[nH]c2c1.c1ccc2[nH+]c[nH]c2c1.c1ccc2[nH+]c[nH]c2c1.c1ccc2[nH+]c[nH]c2c1. The van der Waals surface area contributed by atoms with Gasteiger partial charge < -0.3 is 67.9 Å². The molecule has 8 rings (SSSR count). The van der Waals surface area contributed by atoms with E-state index in [2.05, 4.69) is 39.9 Å². The number of hydrogen-bond donors (Lipinski definition) is 4. The quantitative estimate of drug-likeness (QED) is 0.117. The van der Waals surface area contributed by atoms with Crippen LogP contribution in [0.4, 0.5) is 0 Å². The van der Waals surface area contributed by atoms with Crippen LogP contribution in [0, 0.1) is 0 Å². The van der Waals surface area contributed by atoms with Crippen molar-refractivity contribution >= 4 is 44.1 Å². The van der Waals surface area contributed by atoms with E-state index in [-0.39, 0.29) is 67.9 Å². The monoisotopic (exact) mass is 792 g/mol. The van der Waals surface area contributed by atoms with Gasteiger partial charge in [0.15, 0.2) is 44.1 Å². The summed E-state index contributed by atoms with van der Waals surface area (Å²) in [5.41, 5.74) is 9.20. The van der Waals surface area contributed by atoms with Gasteiger partial charge in [-0.25, -0.2) is 39.9 Å². The molecule has 40 heavy (non-hydrogen) atoms. The van der Waals surface area contributed by atoms with E-state index in [0.29, 0.717) is 0 Å². The Bertz CT molecular complexity index is 1410. The maximum Gasteiger partial charge on any atom is 0.240 e. The second-order valence-corrected chi connectivity index (χ2v) is 7.91. The van der Waals surface area contributed by atoms with Crippen molar-refractivity contribution in [3.63, 3.8) is 0 Å². The summed E-state index contributed by atoms with van der Waals surface area (Å²) in [4.78, 5) is 24.5. The number of H-pyrrole nitrogens is 8. The molecule has 0 fully saturated rings. The number of para-hydroxylation sites is 8. The molecule has 8 N–H and O–H groups in total. The lowest BCUT2D eigenvalue weighted by atomic mass is 10.3. The van der Waals surface area contributed by atoms with Gasteiger partial charge in [-0.15, -0.1) is 0 Å². The number of halogens is 4. The zero-order valence-electron chi connectivity index (χ0n) is 21.1. The van der Waals surface area contributed by atoms with Crippen molar-refractivity contribution in [2.24, 2.45) is 0 Å². The van der Waals surface area contributed by atoms with E-state index in [1.54, 1.807) is 0 Å². The van der Waals surface area contributed by atoms with Crippen LogP contribution < -0.4 is 87.9 Å². The minimum atomic E-state index is 0. The Balaban J connectivity index is 0.000000258. The van der Waals surface area contributed by atoms with E-state index in [1.165, 1.54) is 0 Å². The highest BCUT2D eigenvalue weighted by Gasteiger charge is 1.97. The molecule has 0 bridgehead atoms. The zero-order chi connectivity index (χ0) is 24.4. The van der Waals surface area contributed by atoms with Gasteiger partial charge in [0.05, 0.1) is 0 Å². The van der Waals surface area contributed by atoms with Crippen LogP contribution in [0.1, 0.15) is 0 Å². The summed E-state index contributed by atoms with van der Waals surface area (Å²) in [6.07, 6.45) is 7.30. The molecule has 0 aliphatic rings. The summed E-state index contributed by atoms with van der Waals surface area (Å²) in [5, 5.41) is 0. The van der Waals surface area contributed by atoms with Gasteiger partial charge in [-0.3, -0.25) is 0 Å². The van der Waals surface area contributed by atoms with E-state index < -0.39 is 0 Å². The molecule has 0 aliphatic heterocycles. The van der Waals surface area contributed by atoms with Crippen molar-refractivity contribution < 1.29 is 87.9 Å². The third kappa shape index (κ3) is 9.40. The number of imidazole rings is 4. The number of aromatic nitrogens is 8. The number of nitrogens with one attached hydrogen (secondary N) is 8. The lowest BCUT2D eigenvalue weighted by molar-refractivity contribution is -0.344. The van der Waals surface area contributed by atoms with E-state index in [9.17, 15) is 0 Å². The third-order valence-electron chi connectivity index (χ3n) is 5.53. The lowest BCUT2D eigenvalue weighted by Crippen LogP contribution is -3.00. The van der Waals surface area contributed by atoms with E-state index in [4.69, 9.17) is 0 Å². The molecule has 4 aromatic heterocycles. The number of aromatic amines is 8. The maximum atomic E-state index is 3.06. The molecule has 0 saturated heterocycles. The molecule has 0 aliphatic carbocycles. The Hall–Kier alpha value is -3.32. The van der Waals surface area contributed by atoms with E-state index in [1.807, 2.05) is 122 Å².